The van der Waals surface area contributed by atoms with E-state index in [1.807, 2.05) is 0 Å². The van der Waals surface area contributed by atoms with Gasteiger partial charge in [-0.15, -0.1) is 0 Å². The lowest BCUT2D eigenvalue weighted by Crippen LogP contribution is -2.26. The zero-order chi connectivity index (χ0) is 18.4. The van der Waals surface area contributed by atoms with Crippen molar-refractivity contribution in [3.05, 3.63) is 12.2 Å². The van der Waals surface area contributed by atoms with Crippen LogP contribution in [0, 0.1) is 0 Å². The number of hydrogen-bond donors (Lipinski definition) is 3. The van der Waals surface area contributed by atoms with Crippen molar-refractivity contribution in [2.75, 3.05) is 19.8 Å². The lowest BCUT2D eigenvalue weighted by Gasteiger charge is -2.08. The maximum atomic E-state index is 9.08. The van der Waals surface area contributed by atoms with Crippen molar-refractivity contribution >= 4 is 0 Å². The zero-order valence-electron chi connectivity index (χ0n) is 16.6. The molecule has 1 atom stereocenters. The number of aliphatic hydroxyl groups excluding tert-OH is 2. The lowest BCUT2D eigenvalue weighted by molar-refractivity contribution is -0.0371. The van der Waals surface area contributed by atoms with Gasteiger partial charge in [-0.05, 0) is 32.1 Å². The van der Waals surface area contributed by atoms with Crippen molar-refractivity contribution < 1.29 is 15.1 Å². The van der Waals surface area contributed by atoms with Crippen LogP contribution in [-0.4, -0.2) is 36.1 Å². The molecule has 0 aliphatic carbocycles. The molecule has 0 saturated heterocycles. The van der Waals surface area contributed by atoms with Gasteiger partial charge in [0.25, 0.3) is 0 Å². The van der Waals surface area contributed by atoms with E-state index >= 15 is 0 Å². The Morgan fingerprint density at radius 2 is 1.32 bits per heavy atom. The van der Waals surface area contributed by atoms with Crippen LogP contribution in [-0.2, 0) is 4.84 Å². The van der Waals surface area contributed by atoms with Crippen LogP contribution in [0.2, 0.25) is 0 Å². The SMILES string of the molecule is CCCCCCCC/C=C\CCCCCCCCNOCC(O)CO. The number of hydroxylamine groups is 1. The van der Waals surface area contributed by atoms with Gasteiger partial charge in [0.15, 0.2) is 0 Å². The van der Waals surface area contributed by atoms with Crippen LogP contribution < -0.4 is 5.48 Å². The van der Waals surface area contributed by atoms with Crippen molar-refractivity contribution in [2.24, 2.45) is 0 Å². The van der Waals surface area contributed by atoms with E-state index < -0.39 is 6.10 Å². The van der Waals surface area contributed by atoms with Crippen LogP contribution in [0.3, 0.4) is 0 Å². The summed E-state index contributed by atoms with van der Waals surface area (Å²) in [6.45, 7) is 2.96. The lowest BCUT2D eigenvalue weighted by atomic mass is 10.1. The Bertz CT molecular complexity index is 272. The Balaban J connectivity index is 3.07. The molecule has 0 aromatic rings. The van der Waals surface area contributed by atoms with Gasteiger partial charge in [-0.2, -0.15) is 0 Å². The minimum Gasteiger partial charge on any atom is -0.394 e. The van der Waals surface area contributed by atoms with E-state index in [1.165, 1.54) is 83.5 Å². The minimum absolute atomic E-state index is 0.142. The monoisotopic (exact) mass is 357 g/mol. The molecular weight excluding hydrogens is 314 g/mol. The number of allylic oxidation sites excluding steroid dienone is 2. The van der Waals surface area contributed by atoms with Crippen molar-refractivity contribution in [3.8, 4) is 0 Å². The predicted octanol–water partition coefficient (Wildman–Crippen LogP) is 4.90. The van der Waals surface area contributed by atoms with Gasteiger partial charge in [-0.3, -0.25) is 4.84 Å². The van der Waals surface area contributed by atoms with Crippen LogP contribution in [0.15, 0.2) is 12.2 Å². The molecule has 0 aliphatic rings. The Morgan fingerprint density at radius 1 is 0.800 bits per heavy atom. The van der Waals surface area contributed by atoms with Crippen LogP contribution in [0.25, 0.3) is 0 Å². The van der Waals surface area contributed by atoms with Crippen molar-refractivity contribution in [3.63, 3.8) is 0 Å². The predicted molar refractivity (Wildman–Crippen MR) is 106 cm³/mol. The molecule has 4 heteroatoms. The zero-order valence-corrected chi connectivity index (χ0v) is 16.6. The molecule has 0 aromatic carbocycles. The van der Waals surface area contributed by atoms with Gasteiger partial charge in [0.2, 0.25) is 0 Å². The van der Waals surface area contributed by atoms with Crippen LogP contribution in [0.4, 0.5) is 0 Å². The molecule has 0 spiro atoms. The van der Waals surface area contributed by atoms with Gasteiger partial charge in [0.05, 0.1) is 13.2 Å². The molecule has 0 heterocycles. The molecule has 0 aliphatic heterocycles. The summed E-state index contributed by atoms with van der Waals surface area (Å²) in [5, 5.41) is 17.7. The summed E-state index contributed by atoms with van der Waals surface area (Å²) in [5.74, 6) is 0. The van der Waals surface area contributed by atoms with E-state index in [-0.39, 0.29) is 13.2 Å². The molecule has 0 fully saturated rings. The summed E-state index contributed by atoms with van der Waals surface area (Å²) in [6.07, 6.45) is 22.3. The molecule has 0 bridgehead atoms. The Morgan fingerprint density at radius 3 is 1.88 bits per heavy atom. The van der Waals surface area contributed by atoms with Gasteiger partial charge in [-0.1, -0.05) is 76.9 Å². The largest absolute Gasteiger partial charge is 0.394 e. The quantitative estimate of drug-likeness (QED) is 0.165. The molecule has 3 N–H and O–H groups in total. The van der Waals surface area contributed by atoms with Crippen LogP contribution in [0.5, 0.6) is 0 Å². The molecule has 0 radical (unpaired) electrons. The standard InChI is InChI=1S/C21H43NO3/c1-2-3-4-5-6-7-8-9-10-11-12-13-14-15-16-17-18-22-25-20-21(24)19-23/h9-10,21-24H,2-8,11-20H2,1H3/b10-9-. The summed E-state index contributed by atoms with van der Waals surface area (Å²) >= 11 is 0. The second-order valence-electron chi connectivity index (χ2n) is 6.98. The van der Waals surface area contributed by atoms with E-state index in [4.69, 9.17) is 15.1 Å². The summed E-state index contributed by atoms with van der Waals surface area (Å²) in [5.41, 5.74) is 2.82. The molecular formula is C21H43NO3. The average Bonchev–Trinajstić information content (AvgIpc) is 2.63. The fourth-order valence-electron chi connectivity index (χ4n) is 2.72. The smallest absolute Gasteiger partial charge is 0.102 e. The van der Waals surface area contributed by atoms with Crippen molar-refractivity contribution in [2.45, 2.75) is 103 Å². The molecule has 25 heavy (non-hydrogen) atoms. The number of unbranched alkanes of at least 4 members (excludes halogenated alkanes) is 12. The molecule has 0 aromatic heterocycles. The Hall–Kier alpha value is -0.420. The second-order valence-corrected chi connectivity index (χ2v) is 6.98. The maximum absolute atomic E-state index is 9.08. The van der Waals surface area contributed by atoms with Crippen molar-refractivity contribution in [1.82, 2.24) is 5.48 Å². The summed E-state index contributed by atoms with van der Waals surface area (Å²) in [6, 6.07) is 0. The van der Waals surface area contributed by atoms with Gasteiger partial charge >= 0.3 is 0 Å². The average molecular weight is 358 g/mol. The van der Waals surface area contributed by atoms with Gasteiger partial charge in [0.1, 0.15) is 6.10 Å². The summed E-state index contributed by atoms with van der Waals surface area (Å²) < 4.78 is 0. The van der Waals surface area contributed by atoms with E-state index in [0.717, 1.165) is 13.0 Å². The normalized spacial score (nSPS) is 12.9. The van der Waals surface area contributed by atoms with Gasteiger partial charge < -0.3 is 10.2 Å². The molecule has 4 nitrogen and oxygen atoms in total. The fourth-order valence-corrected chi connectivity index (χ4v) is 2.72. The van der Waals surface area contributed by atoms with E-state index in [2.05, 4.69) is 24.6 Å². The molecule has 0 rings (SSSR count). The van der Waals surface area contributed by atoms with Gasteiger partial charge in [0, 0.05) is 6.54 Å². The first-order valence-corrected chi connectivity index (χ1v) is 10.6. The number of hydrogen-bond acceptors (Lipinski definition) is 4. The van der Waals surface area contributed by atoms with Crippen molar-refractivity contribution in [1.29, 1.82) is 0 Å². The highest BCUT2D eigenvalue weighted by molar-refractivity contribution is 4.81. The molecule has 0 amide bonds. The number of nitrogens with one attached hydrogen (secondary N) is 1. The first-order valence-electron chi connectivity index (χ1n) is 10.6. The van der Waals surface area contributed by atoms with Crippen LogP contribution in [0.1, 0.15) is 96.8 Å². The summed E-state index contributed by atoms with van der Waals surface area (Å²) in [4.78, 5) is 5.04. The topological polar surface area (TPSA) is 61.7 Å². The fraction of sp³-hybridized carbons (Fsp3) is 0.905. The highest BCUT2D eigenvalue weighted by Gasteiger charge is 2.00. The van der Waals surface area contributed by atoms with Gasteiger partial charge in [-0.25, -0.2) is 5.48 Å². The number of rotatable bonds is 20. The third-order valence-electron chi connectivity index (χ3n) is 4.38. The minimum atomic E-state index is -0.785. The van der Waals surface area contributed by atoms with E-state index in [1.54, 1.807) is 0 Å². The van der Waals surface area contributed by atoms with E-state index in [9.17, 15) is 0 Å². The highest BCUT2D eigenvalue weighted by Crippen LogP contribution is 2.09. The second kappa shape index (κ2) is 21.6. The maximum Gasteiger partial charge on any atom is 0.102 e. The third kappa shape index (κ3) is 21.5. The first kappa shape index (κ1) is 24.6. The molecule has 150 valence electrons. The highest BCUT2D eigenvalue weighted by atomic mass is 16.6. The third-order valence-corrected chi connectivity index (χ3v) is 4.38. The molecule has 1 unspecified atom stereocenters. The summed E-state index contributed by atoms with van der Waals surface area (Å²) in [7, 11) is 0. The Labute approximate surface area is 156 Å². The van der Waals surface area contributed by atoms with Crippen LogP contribution >= 0.6 is 0 Å². The molecule has 0 saturated carbocycles. The first-order chi connectivity index (χ1) is 12.3. The van der Waals surface area contributed by atoms with E-state index in [0.29, 0.717) is 0 Å². The number of aliphatic hydroxyl groups is 2. The Kier molecular flexibility index (Phi) is 21.3.